The van der Waals surface area contributed by atoms with Gasteiger partial charge in [0.1, 0.15) is 36.3 Å². The van der Waals surface area contributed by atoms with E-state index >= 15 is 0 Å². The molecule has 0 aromatic heterocycles. The lowest BCUT2D eigenvalue weighted by Gasteiger charge is -2.36. The van der Waals surface area contributed by atoms with Gasteiger partial charge in [0, 0.05) is 21.1 Å². The number of carboxylic acid groups (broad SMARTS) is 1. The quantitative estimate of drug-likeness (QED) is 0.0562. The molecule has 10 atom stereocenters. The van der Waals surface area contributed by atoms with Crippen LogP contribution in [0.3, 0.4) is 0 Å². The first-order chi connectivity index (χ1) is 29.9. The Morgan fingerprint density at radius 1 is 0.554 bits per heavy atom. The predicted octanol–water partition coefficient (Wildman–Crippen LogP) is 2.66. The summed E-state index contributed by atoms with van der Waals surface area (Å²) < 4.78 is 0. The molecule has 3 unspecified atom stereocenters. The zero-order valence-electron chi connectivity index (χ0n) is 42.4. The number of amides is 7. The summed E-state index contributed by atoms with van der Waals surface area (Å²) >= 11 is 0. The number of nitrogens with two attached hydrogens (primary N) is 1. The number of likely N-dealkylation sites (N-methyl/N-ethyl adjacent to an activating group) is 3. The Balaban J connectivity index is 6.32. The maximum absolute atomic E-state index is 14.3. The number of aliphatic hydroxyl groups is 1. The smallest absolute Gasteiger partial charge is 0.328 e. The van der Waals surface area contributed by atoms with Crippen molar-refractivity contribution in [1.29, 1.82) is 0 Å². The molecule has 0 fully saturated rings. The SMILES string of the molecule is C/C=C/CC(C)C(O)C(NC(=O)[C@H](C(C)C)N(C)C(=O)[C@H](CC(C)C)NC(=O)[C@H](CC(C)C)N(C)C(=O)[C@H](C)NC(=O)[C@H](C)NC(=O)[C@H](CC(C)C)N(C)C(=O)[C@@H](N)CC(C)C)C(=O)O. The summed E-state index contributed by atoms with van der Waals surface area (Å²) in [6.45, 7) is 24.9. The molecular weight excluding hydrogens is 837 g/mol. The van der Waals surface area contributed by atoms with E-state index in [0.29, 0.717) is 19.3 Å². The Bertz CT molecular complexity index is 1620. The van der Waals surface area contributed by atoms with Gasteiger partial charge in [-0.1, -0.05) is 88.3 Å². The maximum Gasteiger partial charge on any atom is 0.328 e. The lowest BCUT2D eigenvalue weighted by Crippen LogP contribution is -2.61. The number of aliphatic hydroxyl groups excluding tert-OH is 1. The van der Waals surface area contributed by atoms with E-state index in [-0.39, 0.29) is 42.4 Å². The molecule has 0 saturated carbocycles. The van der Waals surface area contributed by atoms with Crippen LogP contribution >= 0.6 is 0 Å². The van der Waals surface area contributed by atoms with Crippen LogP contribution < -0.4 is 27.0 Å². The van der Waals surface area contributed by atoms with E-state index in [0.717, 1.165) is 0 Å². The summed E-state index contributed by atoms with van der Waals surface area (Å²) in [6, 6.07) is -9.03. The number of rotatable bonds is 28. The molecule has 0 bridgehead atoms. The fourth-order valence-corrected chi connectivity index (χ4v) is 7.65. The minimum absolute atomic E-state index is 0.0281. The molecule has 374 valence electrons. The van der Waals surface area contributed by atoms with E-state index in [2.05, 4.69) is 21.3 Å². The third-order valence-corrected chi connectivity index (χ3v) is 11.4. The third-order valence-electron chi connectivity index (χ3n) is 11.4. The van der Waals surface area contributed by atoms with Gasteiger partial charge >= 0.3 is 5.97 Å². The molecule has 18 nitrogen and oxygen atoms in total. The van der Waals surface area contributed by atoms with Crippen molar-refractivity contribution in [2.45, 2.75) is 183 Å². The van der Waals surface area contributed by atoms with Crippen LogP contribution in [0.4, 0.5) is 0 Å². The molecule has 0 radical (unpaired) electrons. The second-order valence-corrected chi connectivity index (χ2v) is 19.8. The number of hydrogen-bond donors (Lipinski definition) is 7. The van der Waals surface area contributed by atoms with Crippen molar-refractivity contribution in [1.82, 2.24) is 36.0 Å². The summed E-state index contributed by atoms with van der Waals surface area (Å²) in [5.41, 5.74) is 6.15. The minimum atomic E-state index is -1.65. The van der Waals surface area contributed by atoms with Crippen LogP contribution in [0.5, 0.6) is 0 Å². The highest BCUT2D eigenvalue weighted by molar-refractivity contribution is 5.97. The van der Waals surface area contributed by atoms with Crippen molar-refractivity contribution >= 4 is 47.3 Å². The highest BCUT2D eigenvalue weighted by Crippen LogP contribution is 2.20. The fraction of sp³-hybridized carbons (Fsp3) is 0.787. The van der Waals surface area contributed by atoms with Gasteiger partial charge in [0.2, 0.25) is 41.4 Å². The number of carboxylic acids is 1. The van der Waals surface area contributed by atoms with Gasteiger partial charge in [0.05, 0.1) is 12.1 Å². The number of aliphatic carboxylic acids is 1. The zero-order chi connectivity index (χ0) is 50.8. The number of nitrogens with zero attached hydrogens (tertiary/aromatic N) is 3. The molecule has 0 saturated heterocycles. The predicted molar refractivity (Wildman–Crippen MR) is 252 cm³/mol. The highest BCUT2D eigenvalue weighted by Gasteiger charge is 2.40. The zero-order valence-corrected chi connectivity index (χ0v) is 42.4. The average Bonchev–Trinajstić information content (AvgIpc) is 3.19. The average molecular weight is 923 g/mol. The van der Waals surface area contributed by atoms with Crippen LogP contribution in [0.2, 0.25) is 0 Å². The van der Waals surface area contributed by atoms with Crippen molar-refractivity contribution in [2.75, 3.05) is 21.1 Å². The van der Waals surface area contributed by atoms with E-state index in [4.69, 9.17) is 5.73 Å². The molecule has 0 aliphatic carbocycles. The molecule has 0 aliphatic rings. The molecular formula is C47H86N8O10. The maximum atomic E-state index is 14.3. The van der Waals surface area contributed by atoms with Crippen molar-refractivity contribution < 1.29 is 48.6 Å². The number of hydrogen-bond acceptors (Lipinski definition) is 10. The molecule has 0 rings (SSSR count). The van der Waals surface area contributed by atoms with Gasteiger partial charge in [0.25, 0.3) is 0 Å². The lowest BCUT2D eigenvalue weighted by molar-refractivity contribution is -0.149. The normalized spacial score (nSPS) is 16.5. The second kappa shape index (κ2) is 28.5. The molecule has 18 heteroatoms. The van der Waals surface area contributed by atoms with Crippen molar-refractivity contribution in [3.05, 3.63) is 12.2 Å². The standard InChI is InChI=1S/C47H86N8O10/c1-18-19-20-30(12)39(56)37(47(64)65)52-43(60)38(29(10)11)55(17)46(63)34(22-26(4)5)51-42(59)36(24-28(8)9)53(15)44(61)32(14)50-40(57)31(13)49-41(58)35(23-27(6)7)54(16)45(62)33(48)21-25(2)3/h18-19,25-39,56H,20-24,48H2,1-17H3,(H,49,58)(H,50,57)(H,51,59)(H,52,60)(H,64,65)/b19-18+/t30?,31-,32-,33-,34-,35-,36-,37?,38-,39?/m0/s1. The second-order valence-electron chi connectivity index (χ2n) is 19.8. The van der Waals surface area contributed by atoms with Gasteiger partial charge in [0.15, 0.2) is 6.04 Å². The van der Waals surface area contributed by atoms with Crippen molar-refractivity contribution in [3.8, 4) is 0 Å². The van der Waals surface area contributed by atoms with E-state index < -0.39 is 108 Å². The number of carbonyl (C=O) groups excluding carboxylic acids is 7. The summed E-state index contributed by atoms with van der Waals surface area (Å²) in [5.74, 6) is -6.74. The van der Waals surface area contributed by atoms with E-state index in [1.807, 2.05) is 55.4 Å². The van der Waals surface area contributed by atoms with Crippen LogP contribution in [0, 0.1) is 35.5 Å². The largest absolute Gasteiger partial charge is 0.480 e. The number of allylic oxidation sites excluding steroid dienone is 2. The van der Waals surface area contributed by atoms with Crippen LogP contribution in [-0.2, 0) is 38.4 Å². The molecule has 0 spiro atoms. The minimum Gasteiger partial charge on any atom is -0.480 e. The van der Waals surface area contributed by atoms with Gasteiger partial charge in [-0.2, -0.15) is 0 Å². The van der Waals surface area contributed by atoms with E-state index in [1.54, 1.807) is 39.8 Å². The molecule has 0 aromatic rings. The summed E-state index contributed by atoms with van der Waals surface area (Å²) in [6.07, 6.45) is 3.61. The molecule has 8 N–H and O–H groups in total. The van der Waals surface area contributed by atoms with Crippen LogP contribution in [0.1, 0.15) is 129 Å². The monoisotopic (exact) mass is 923 g/mol. The van der Waals surface area contributed by atoms with Gasteiger partial charge in [-0.25, -0.2) is 4.79 Å². The topological polar surface area (TPSA) is 261 Å². The van der Waals surface area contributed by atoms with Crippen LogP contribution in [0.15, 0.2) is 12.2 Å². The molecule has 0 heterocycles. The molecule has 65 heavy (non-hydrogen) atoms. The molecule has 7 amide bonds. The Labute approximate surface area is 389 Å². The third kappa shape index (κ3) is 19.8. The summed E-state index contributed by atoms with van der Waals surface area (Å²) in [5, 5.41) is 31.4. The molecule has 0 aromatic carbocycles. The first-order valence-electron chi connectivity index (χ1n) is 23.2. The summed E-state index contributed by atoms with van der Waals surface area (Å²) in [4.78, 5) is 112. The Hall–Kier alpha value is -4.58. The van der Waals surface area contributed by atoms with E-state index in [9.17, 15) is 48.6 Å². The molecule has 0 aliphatic heterocycles. The van der Waals surface area contributed by atoms with E-state index in [1.165, 1.54) is 49.7 Å². The number of carbonyl (C=O) groups is 8. The van der Waals surface area contributed by atoms with Gasteiger partial charge in [-0.3, -0.25) is 33.6 Å². The van der Waals surface area contributed by atoms with Crippen molar-refractivity contribution in [2.24, 2.45) is 41.2 Å². The van der Waals surface area contributed by atoms with Crippen LogP contribution in [0.25, 0.3) is 0 Å². The van der Waals surface area contributed by atoms with Gasteiger partial charge in [-0.15, -0.1) is 0 Å². The Kier molecular flexibility index (Phi) is 26.5. The lowest BCUT2D eigenvalue weighted by atomic mass is 9.93. The highest BCUT2D eigenvalue weighted by atomic mass is 16.4. The fourth-order valence-electron chi connectivity index (χ4n) is 7.65. The first-order valence-corrected chi connectivity index (χ1v) is 23.2. The number of nitrogens with one attached hydrogen (secondary N) is 4. The Morgan fingerprint density at radius 2 is 1.00 bits per heavy atom. The van der Waals surface area contributed by atoms with Crippen LogP contribution in [-0.4, -0.2) is 148 Å². The van der Waals surface area contributed by atoms with Gasteiger partial charge < -0.3 is 51.9 Å². The summed E-state index contributed by atoms with van der Waals surface area (Å²) in [7, 11) is 4.34. The van der Waals surface area contributed by atoms with Crippen molar-refractivity contribution in [3.63, 3.8) is 0 Å². The van der Waals surface area contributed by atoms with Gasteiger partial charge in [-0.05, 0) is 88.4 Å². The Morgan fingerprint density at radius 3 is 1.43 bits per heavy atom. The first kappa shape index (κ1) is 60.4.